The first kappa shape index (κ1) is 10.2. The van der Waals surface area contributed by atoms with E-state index in [0.717, 1.165) is 0 Å². The van der Waals surface area contributed by atoms with Crippen LogP contribution in [0.1, 0.15) is 0 Å². The summed E-state index contributed by atoms with van der Waals surface area (Å²) in [6.45, 7) is 0. The van der Waals surface area contributed by atoms with E-state index < -0.39 is 5.97 Å². The van der Waals surface area contributed by atoms with Gasteiger partial charge in [-0.2, -0.15) is 0 Å². The minimum Gasteiger partial charge on any atom is -0.401 e. The molecule has 1 aliphatic rings. The van der Waals surface area contributed by atoms with Gasteiger partial charge in [-0.15, -0.1) is 0 Å². The molecule has 3 nitrogen and oxygen atoms in total. The molecule has 0 unspecified atom stereocenters. The third-order valence-corrected chi connectivity index (χ3v) is 2.53. The molecule has 0 bridgehead atoms. The van der Waals surface area contributed by atoms with E-state index in [1.54, 1.807) is 12.1 Å². The van der Waals surface area contributed by atoms with Crippen LogP contribution in [0.4, 0.5) is 5.69 Å². The number of para-hydroxylation sites is 1. The summed E-state index contributed by atoms with van der Waals surface area (Å²) < 4.78 is 4.76. The molecule has 0 aliphatic carbocycles. The number of rotatable bonds is 1. The van der Waals surface area contributed by atoms with Gasteiger partial charge in [-0.25, -0.2) is 9.79 Å². The molecule has 1 aliphatic heterocycles. The fourth-order valence-electron chi connectivity index (χ4n) is 1.05. The number of aliphatic imine (C=N–C) groups is 1. The fourth-order valence-corrected chi connectivity index (χ4v) is 1.33. The van der Waals surface area contributed by atoms with Crippen molar-refractivity contribution in [2.45, 2.75) is 0 Å². The zero-order valence-corrected chi connectivity index (χ0v) is 8.92. The highest BCUT2D eigenvalue weighted by atomic mass is 35.5. The largest absolute Gasteiger partial charge is 0.401 e. The molecule has 0 N–H and O–H groups in total. The van der Waals surface area contributed by atoms with Crippen molar-refractivity contribution in [3.05, 3.63) is 40.4 Å². The third kappa shape index (κ3) is 2.03. The summed E-state index contributed by atoms with van der Waals surface area (Å²) in [4.78, 5) is 15.0. The maximum atomic E-state index is 11.0. The van der Waals surface area contributed by atoms with Crippen LogP contribution < -0.4 is 0 Å². The first-order chi connectivity index (χ1) is 7.18. The molecule has 0 atom stereocenters. The van der Waals surface area contributed by atoms with Crippen molar-refractivity contribution in [1.29, 1.82) is 0 Å². The van der Waals surface area contributed by atoms with Crippen molar-refractivity contribution in [2.75, 3.05) is 0 Å². The summed E-state index contributed by atoms with van der Waals surface area (Å²) in [5, 5.41) is -0.0862. The first-order valence-corrected chi connectivity index (χ1v) is 4.85. The zero-order valence-electron chi connectivity index (χ0n) is 7.41. The number of carbonyl (C=O) groups is 1. The topological polar surface area (TPSA) is 38.7 Å². The number of halogens is 2. The van der Waals surface area contributed by atoms with E-state index in [1.807, 2.05) is 18.2 Å². The Labute approximate surface area is 96.0 Å². The van der Waals surface area contributed by atoms with Crippen LogP contribution in [0, 0.1) is 0 Å². The Morgan fingerprint density at radius 1 is 1.07 bits per heavy atom. The average molecular weight is 242 g/mol. The van der Waals surface area contributed by atoms with Gasteiger partial charge >= 0.3 is 5.97 Å². The molecule has 5 heteroatoms. The minimum atomic E-state index is -0.670. The Morgan fingerprint density at radius 3 is 2.27 bits per heavy atom. The van der Waals surface area contributed by atoms with E-state index in [1.165, 1.54) is 0 Å². The number of esters is 1. The molecule has 1 aromatic carbocycles. The van der Waals surface area contributed by atoms with Gasteiger partial charge < -0.3 is 4.74 Å². The molecule has 76 valence electrons. The van der Waals surface area contributed by atoms with Crippen LogP contribution in [0.25, 0.3) is 0 Å². The van der Waals surface area contributed by atoms with Gasteiger partial charge in [-0.05, 0) is 12.1 Å². The number of nitrogens with zero attached hydrogens (tertiary/aromatic N) is 1. The smallest absolute Gasteiger partial charge is 0.358 e. The van der Waals surface area contributed by atoms with Gasteiger partial charge in [-0.1, -0.05) is 41.4 Å². The zero-order chi connectivity index (χ0) is 10.8. The SMILES string of the molecule is O=C1OC(=Nc2ccccc2)C(Cl)=C1Cl. The van der Waals surface area contributed by atoms with Crippen LogP contribution >= 0.6 is 23.2 Å². The van der Waals surface area contributed by atoms with E-state index in [0.29, 0.717) is 5.69 Å². The molecule has 0 aromatic heterocycles. The average Bonchev–Trinajstić information content (AvgIpc) is 2.48. The van der Waals surface area contributed by atoms with Gasteiger partial charge in [0, 0.05) is 0 Å². The lowest BCUT2D eigenvalue weighted by Crippen LogP contribution is -2.00. The monoisotopic (exact) mass is 241 g/mol. The van der Waals surface area contributed by atoms with E-state index in [9.17, 15) is 4.79 Å². The van der Waals surface area contributed by atoms with Crippen LogP contribution in [0.15, 0.2) is 45.4 Å². The normalized spacial score (nSPS) is 18.5. The number of ether oxygens (including phenoxy) is 1. The van der Waals surface area contributed by atoms with E-state index in [4.69, 9.17) is 27.9 Å². The van der Waals surface area contributed by atoms with Gasteiger partial charge in [0.1, 0.15) is 5.03 Å². The summed E-state index contributed by atoms with van der Waals surface area (Å²) in [5.74, 6) is -0.630. The Kier molecular flexibility index (Phi) is 2.75. The van der Waals surface area contributed by atoms with Crippen LogP contribution in [-0.4, -0.2) is 11.9 Å². The highest BCUT2D eigenvalue weighted by molar-refractivity contribution is 6.56. The van der Waals surface area contributed by atoms with E-state index in [-0.39, 0.29) is 16.0 Å². The summed E-state index contributed by atoms with van der Waals surface area (Å²) in [6, 6.07) is 9.01. The Balaban J connectivity index is 2.35. The molecule has 1 aromatic rings. The number of hydrogen-bond donors (Lipinski definition) is 0. The molecule has 0 radical (unpaired) electrons. The molecular weight excluding hydrogens is 237 g/mol. The second-order valence-electron chi connectivity index (χ2n) is 2.77. The van der Waals surface area contributed by atoms with Crippen LogP contribution in [0.2, 0.25) is 0 Å². The molecular formula is C10H5Cl2NO2. The summed E-state index contributed by atoms with van der Waals surface area (Å²) in [6.07, 6.45) is 0. The van der Waals surface area contributed by atoms with Gasteiger partial charge in [-0.3, -0.25) is 0 Å². The van der Waals surface area contributed by atoms with Crippen molar-refractivity contribution in [1.82, 2.24) is 0 Å². The third-order valence-electron chi connectivity index (χ3n) is 1.74. The van der Waals surface area contributed by atoms with Crippen LogP contribution in [-0.2, 0) is 9.53 Å². The predicted octanol–water partition coefficient (Wildman–Crippen LogP) is 2.96. The Hall–Kier alpha value is -1.32. The molecule has 0 spiro atoms. The fraction of sp³-hybridized carbons (Fsp3) is 0. The Morgan fingerprint density at radius 2 is 1.73 bits per heavy atom. The van der Waals surface area contributed by atoms with Crippen molar-refractivity contribution < 1.29 is 9.53 Å². The van der Waals surface area contributed by atoms with Crippen molar-refractivity contribution in [3.63, 3.8) is 0 Å². The van der Waals surface area contributed by atoms with Crippen LogP contribution in [0.3, 0.4) is 0 Å². The molecule has 0 saturated carbocycles. The molecule has 15 heavy (non-hydrogen) atoms. The second-order valence-corrected chi connectivity index (χ2v) is 3.53. The molecule has 1 heterocycles. The maximum absolute atomic E-state index is 11.0. The quantitative estimate of drug-likeness (QED) is 0.710. The lowest BCUT2D eigenvalue weighted by Gasteiger charge is -1.96. The first-order valence-electron chi connectivity index (χ1n) is 4.10. The number of cyclic esters (lactones) is 1. The van der Waals surface area contributed by atoms with Gasteiger partial charge in [0.15, 0.2) is 5.03 Å². The van der Waals surface area contributed by atoms with Crippen molar-refractivity contribution >= 4 is 40.8 Å². The standard InChI is InChI=1S/C10H5Cl2NO2/c11-7-8(12)10(14)15-9(7)13-6-4-2-1-3-5-6/h1-5H. The molecule has 0 saturated heterocycles. The highest BCUT2D eigenvalue weighted by Gasteiger charge is 2.28. The predicted molar refractivity (Wildman–Crippen MR) is 58.4 cm³/mol. The van der Waals surface area contributed by atoms with Gasteiger partial charge in [0.2, 0.25) is 5.90 Å². The molecule has 0 amide bonds. The number of benzene rings is 1. The summed E-state index contributed by atoms with van der Waals surface area (Å²) >= 11 is 11.3. The van der Waals surface area contributed by atoms with E-state index >= 15 is 0 Å². The lowest BCUT2D eigenvalue weighted by atomic mass is 10.3. The lowest BCUT2D eigenvalue weighted by molar-refractivity contribution is -0.129. The number of carbonyl (C=O) groups excluding carboxylic acids is 1. The Bertz CT molecular complexity index is 466. The van der Waals surface area contributed by atoms with Gasteiger partial charge in [0.05, 0.1) is 5.69 Å². The van der Waals surface area contributed by atoms with Gasteiger partial charge in [0.25, 0.3) is 0 Å². The highest BCUT2D eigenvalue weighted by Crippen LogP contribution is 2.26. The van der Waals surface area contributed by atoms with Crippen LogP contribution in [0.5, 0.6) is 0 Å². The van der Waals surface area contributed by atoms with E-state index in [2.05, 4.69) is 4.99 Å². The summed E-state index contributed by atoms with van der Waals surface area (Å²) in [7, 11) is 0. The number of hydrogen-bond acceptors (Lipinski definition) is 3. The molecule has 2 rings (SSSR count). The molecule has 0 fully saturated rings. The minimum absolute atomic E-state index is 0.0397. The second kappa shape index (κ2) is 4.04. The van der Waals surface area contributed by atoms with Crippen molar-refractivity contribution in [2.24, 2.45) is 4.99 Å². The maximum Gasteiger partial charge on any atom is 0.358 e. The van der Waals surface area contributed by atoms with Crippen molar-refractivity contribution in [3.8, 4) is 0 Å². The summed E-state index contributed by atoms with van der Waals surface area (Å²) in [5.41, 5.74) is 0.643.